The molecule has 0 unspecified atom stereocenters. The number of amides is 1. The molecule has 0 aromatic heterocycles. The van der Waals surface area contributed by atoms with Gasteiger partial charge in [0.05, 0.1) is 11.4 Å². The Kier molecular flexibility index (Phi) is 2.99. The molecule has 3 rings (SSSR count). The van der Waals surface area contributed by atoms with Crippen LogP contribution < -0.4 is 10.2 Å². The Morgan fingerprint density at radius 1 is 1.05 bits per heavy atom. The number of anilines is 2. The van der Waals surface area contributed by atoms with Gasteiger partial charge in [-0.25, -0.2) is 0 Å². The van der Waals surface area contributed by atoms with Gasteiger partial charge in [-0.15, -0.1) is 0 Å². The van der Waals surface area contributed by atoms with E-state index < -0.39 is 6.04 Å². The first-order valence-corrected chi connectivity index (χ1v) is 6.41. The molecule has 20 heavy (non-hydrogen) atoms. The third-order valence-corrected chi connectivity index (χ3v) is 3.46. The first-order chi connectivity index (χ1) is 9.68. The number of fused-ring (bicyclic) bond motifs is 1. The van der Waals surface area contributed by atoms with E-state index in [1.807, 2.05) is 30.3 Å². The topological polar surface area (TPSA) is 49.4 Å². The number of carbonyl (C=O) groups excluding carboxylic acids is 2. The summed E-state index contributed by atoms with van der Waals surface area (Å²) in [7, 11) is 1.69. The highest BCUT2D eigenvalue weighted by atomic mass is 16.2. The molecule has 0 aliphatic carbocycles. The summed E-state index contributed by atoms with van der Waals surface area (Å²) < 4.78 is 0. The first kappa shape index (κ1) is 12.4. The quantitative estimate of drug-likeness (QED) is 0.670. The normalized spacial score (nSPS) is 17.4. The van der Waals surface area contributed by atoms with Crippen LogP contribution in [-0.2, 0) is 4.79 Å². The van der Waals surface area contributed by atoms with Gasteiger partial charge < -0.3 is 10.2 Å². The van der Waals surface area contributed by atoms with Crippen LogP contribution in [0.2, 0.25) is 0 Å². The molecule has 0 radical (unpaired) electrons. The number of hydrogen-bond acceptors (Lipinski definition) is 3. The summed E-state index contributed by atoms with van der Waals surface area (Å²) in [6.07, 6.45) is 0. The van der Waals surface area contributed by atoms with Crippen LogP contribution in [0.5, 0.6) is 0 Å². The molecule has 0 saturated carbocycles. The maximum absolute atomic E-state index is 12.5. The number of para-hydroxylation sites is 2. The molecule has 4 nitrogen and oxygen atoms in total. The number of likely N-dealkylation sites (N-methyl/N-ethyl adjacent to an activating group) is 1. The van der Waals surface area contributed by atoms with Crippen LogP contribution in [0.4, 0.5) is 11.4 Å². The second-order valence-corrected chi connectivity index (χ2v) is 4.72. The SMILES string of the molecule is CN1C(=O)[C@H](C(=O)c2ccccc2)Nc2ccccc21. The zero-order valence-electron chi connectivity index (χ0n) is 11.0. The molecule has 1 N–H and O–H groups in total. The van der Waals surface area contributed by atoms with Crippen molar-refractivity contribution >= 4 is 23.1 Å². The number of nitrogens with zero attached hydrogens (tertiary/aromatic N) is 1. The van der Waals surface area contributed by atoms with Crippen LogP contribution in [0.1, 0.15) is 10.4 Å². The van der Waals surface area contributed by atoms with Gasteiger partial charge in [0, 0.05) is 12.6 Å². The third-order valence-electron chi connectivity index (χ3n) is 3.46. The number of rotatable bonds is 2. The van der Waals surface area contributed by atoms with Crippen LogP contribution >= 0.6 is 0 Å². The molecular formula is C16H14N2O2. The zero-order chi connectivity index (χ0) is 14.1. The van der Waals surface area contributed by atoms with Crippen molar-refractivity contribution in [3.05, 3.63) is 60.2 Å². The molecule has 0 spiro atoms. The lowest BCUT2D eigenvalue weighted by Crippen LogP contribution is -2.49. The first-order valence-electron chi connectivity index (χ1n) is 6.41. The lowest BCUT2D eigenvalue weighted by atomic mass is 10.00. The lowest BCUT2D eigenvalue weighted by molar-refractivity contribution is -0.118. The molecule has 1 atom stereocenters. The Morgan fingerprint density at radius 3 is 2.45 bits per heavy atom. The molecule has 1 heterocycles. The lowest BCUT2D eigenvalue weighted by Gasteiger charge is -2.32. The molecule has 100 valence electrons. The van der Waals surface area contributed by atoms with Crippen molar-refractivity contribution < 1.29 is 9.59 Å². The summed E-state index contributed by atoms with van der Waals surface area (Å²) in [5, 5.41) is 3.03. The number of benzene rings is 2. The van der Waals surface area contributed by atoms with E-state index in [0.717, 1.165) is 11.4 Å². The molecule has 2 aromatic rings. The van der Waals surface area contributed by atoms with E-state index in [1.54, 1.807) is 31.3 Å². The average Bonchev–Trinajstić information content (AvgIpc) is 2.51. The number of carbonyl (C=O) groups is 2. The van der Waals surface area contributed by atoms with Crippen molar-refractivity contribution in [3.63, 3.8) is 0 Å². The fourth-order valence-electron chi connectivity index (χ4n) is 2.36. The number of Topliss-reactive ketones (excluding diaryl/α,β-unsaturated/α-hetero) is 1. The summed E-state index contributed by atoms with van der Waals surface area (Å²) in [4.78, 5) is 26.3. The second kappa shape index (κ2) is 4.81. The van der Waals surface area contributed by atoms with E-state index in [2.05, 4.69) is 5.32 Å². The number of nitrogens with one attached hydrogen (secondary N) is 1. The standard InChI is InChI=1S/C16H14N2O2/c1-18-13-10-6-5-9-12(13)17-14(16(18)20)15(19)11-7-3-2-4-8-11/h2-10,14,17H,1H3/t14-/m0/s1. The monoisotopic (exact) mass is 266 g/mol. The van der Waals surface area contributed by atoms with Gasteiger partial charge in [-0.05, 0) is 12.1 Å². The zero-order valence-corrected chi connectivity index (χ0v) is 11.0. The number of ketones is 1. The third kappa shape index (κ3) is 1.95. The maximum Gasteiger partial charge on any atom is 0.257 e. The van der Waals surface area contributed by atoms with Crippen LogP contribution in [0, 0.1) is 0 Å². The maximum atomic E-state index is 12.5. The van der Waals surface area contributed by atoms with E-state index >= 15 is 0 Å². The minimum atomic E-state index is -0.864. The minimum absolute atomic E-state index is 0.211. The van der Waals surface area contributed by atoms with Crippen molar-refractivity contribution in [3.8, 4) is 0 Å². The smallest absolute Gasteiger partial charge is 0.257 e. The Balaban J connectivity index is 1.97. The van der Waals surface area contributed by atoms with Gasteiger partial charge in [0.25, 0.3) is 5.91 Å². The molecular weight excluding hydrogens is 252 g/mol. The highest BCUT2D eigenvalue weighted by molar-refractivity contribution is 6.21. The summed E-state index contributed by atoms with van der Waals surface area (Å²) in [6, 6.07) is 15.5. The molecule has 0 bridgehead atoms. The largest absolute Gasteiger partial charge is 0.366 e. The predicted octanol–water partition coefficient (Wildman–Crippen LogP) is 2.33. The summed E-state index contributed by atoms with van der Waals surface area (Å²) in [6.45, 7) is 0. The fourth-order valence-corrected chi connectivity index (χ4v) is 2.36. The fraction of sp³-hybridized carbons (Fsp3) is 0.125. The molecule has 0 saturated heterocycles. The minimum Gasteiger partial charge on any atom is -0.366 e. The van der Waals surface area contributed by atoms with Crippen molar-refractivity contribution in [2.75, 3.05) is 17.3 Å². The van der Waals surface area contributed by atoms with E-state index in [4.69, 9.17) is 0 Å². The molecule has 4 heteroatoms. The van der Waals surface area contributed by atoms with E-state index in [9.17, 15) is 9.59 Å². The van der Waals surface area contributed by atoms with Crippen LogP contribution in [0.25, 0.3) is 0 Å². The van der Waals surface area contributed by atoms with Gasteiger partial charge in [-0.2, -0.15) is 0 Å². The summed E-state index contributed by atoms with van der Waals surface area (Å²) in [5.41, 5.74) is 2.12. The van der Waals surface area contributed by atoms with Gasteiger partial charge in [0.1, 0.15) is 0 Å². The van der Waals surface area contributed by atoms with Crippen LogP contribution in [-0.4, -0.2) is 24.8 Å². The van der Waals surface area contributed by atoms with Crippen molar-refractivity contribution in [1.29, 1.82) is 0 Å². The van der Waals surface area contributed by atoms with Crippen molar-refractivity contribution in [2.24, 2.45) is 0 Å². The van der Waals surface area contributed by atoms with Gasteiger partial charge in [0.2, 0.25) is 0 Å². The Morgan fingerprint density at radius 2 is 1.70 bits per heavy atom. The van der Waals surface area contributed by atoms with E-state index in [0.29, 0.717) is 5.56 Å². The Bertz CT molecular complexity index is 667. The highest BCUT2D eigenvalue weighted by Gasteiger charge is 2.35. The van der Waals surface area contributed by atoms with E-state index in [1.165, 1.54) is 4.90 Å². The summed E-state index contributed by atoms with van der Waals surface area (Å²) >= 11 is 0. The van der Waals surface area contributed by atoms with Crippen LogP contribution in [0.3, 0.4) is 0 Å². The number of hydrogen-bond donors (Lipinski definition) is 1. The molecule has 1 amide bonds. The van der Waals surface area contributed by atoms with Gasteiger partial charge >= 0.3 is 0 Å². The predicted molar refractivity (Wildman–Crippen MR) is 78.0 cm³/mol. The van der Waals surface area contributed by atoms with Crippen LogP contribution in [0.15, 0.2) is 54.6 Å². The van der Waals surface area contributed by atoms with Gasteiger partial charge in [-0.1, -0.05) is 42.5 Å². The molecule has 2 aromatic carbocycles. The van der Waals surface area contributed by atoms with Crippen molar-refractivity contribution in [2.45, 2.75) is 6.04 Å². The summed E-state index contributed by atoms with van der Waals surface area (Å²) in [5.74, 6) is -0.450. The highest BCUT2D eigenvalue weighted by Crippen LogP contribution is 2.30. The Labute approximate surface area is 117 Å². The second-order valence-electron chi connectivity index (χ2n) is 4.72. The molecule has 0 fully saturated rings. The van der Waals surface area contributed by atoms with Crippen molar-refractivity contribution in [1.82, 2.24) is 0 Å². The van der Waals surface area contributed by atoms with E-state index in [-0.39, 0.29) is 11.7 Å². The van der Waals surface area contributed by atoms with Gasteiger partial charge in [-0.3, -0.25) is 9.59 Å². The average molecular weight is 266 g/mol. The van der Waals surface area contributed by atoms with Gasteiger partial charge in [0.15, 0.2) is 11.8 Å². The molecule has 1 aliphatic heterocycles. The molecule has 1 aliphatic rings. The Hall–Kier alpha value is -2.62.